The number of sulfone groups is 1. The highest BCUT2D eigenvalue weighted by Crippen LogP contribution is 2.28. The zero-order valence-corrected chi connectivity index (χ0v) is 10.5. The van der Waals surface area contributed by atoms with E-state index < -0.39 is 14.8 Å². The number of benzene rings is 1. The van der Waals surface area contributed by atoms with Crippen molar-refractivity contribution in [3.63, 3.8) is 0 Å². The van der Waals surface area contributed by atoms with Crippen molar-refractivity contribution in [2.75, 3.05) is 6.26 Å². The van der Waals surface area contributed by atoms with E-state index in [-0.39, 0.29) is 16.1 Å². The molecular weight excluding hydrogens is 254 g/mol. The zero-order valence-electron chi connectivity index (χ0n) is 9.71. The van der Waals surface area contributed by atoms with Crippen LogP contribution in [0, 0.1) is 27.9 Å². The van der Waals surface area contributed by atoms with E-state index in [9.17, 15) is 18.5 Å². The number of hydrogen-bond acceptors (Lipinski definition) is 4. The quantitative estimate of drug-likeness (QED) is 0.464. The van der Waals surface area contributed by atoms with Crippen LogP contribution >= 0.6 is 0 Å². The molecule has 2 rings (SSSR count). The van der Waals surface area contributed by atoms with E-state index in [0.717, 1.165) is 25.2 Å². The van der Waals surface area contributed by atoms with Crippen LogP contribution in [0.25, 0.3) is 0 Å². The summed E-state index contributed by atoms with van der Waals surface area (Å²) in [6.45, 7) is 0. The molecule has 0 aliphatic heterocycles. The summed E-state index contributed by atoms with van der Waals surface area (Å²) in [5.74, 6) is 6.00. The van der Waals surface area contributed by atoms with E-state index in [0.29, 0.717) is 5.92 Å². The molecule has 0 bridgehead atoms. The minimum atomic E-state index is -3.45. The Labute approximate surface area is 105 Å². The highest BCUT2D eigenvalue weighted by atomic mass is 32.2. The Morgan fingerprint density at radius 3 is 2.56 bits per heavy atom. The molecule has 94 valence electrons. The highest BCUT2D eigenvalue weighted by Gasteiger charge is 2.20. The van der Waals surface area contributed by atoms with Crippen LogP contribution < -0.4 is 0 Å². The van der Waals surface area contributed by atoms with Crippen molar-refractivity contribution in [1.82, 2.24) is 0 Å². The predicted octanol–water partition coefficient (Wildman–Crippen LogP) is 1.76. The summed E-state index contributed by atoms with van der Waals surface area (Å²) in [6, 6.07) is 3.80. The van der Waals surface area contributed by atoms with Gasteiger partial charge in [0.25, 0.3) is 5.69 Å². The fourth-order valence-corrected chi connectivity index (χ4v) is 2.05. The lowest BCUT2D eigenvalue weighted by Crippen LogP contribution is -2.00. The second-order valence-corrected chi connectivity index (χ2v) is 6.27. The summed E-state index contributed by atoms with van der Waals surface area (Å²) in [5.41, 5.74) is 0.00498. The summed E-state index contributed by atoms with van der Waals surface area (Å²) < 4.78 is 22.7. The third-order valence-electron chi connectivity index (χ3n) is 2.58. The Hall–Kier alpha value is -1.87. The van der Waals surface area contributed by atoms with Gasteiger partial charge in [0.15, 0.2) is 9.84 Å². The Morgan fingerprint density at radius 1 is 1.39 bits per heavy atom. The van der Waals surface area contributed by atoms with Crippen LogP contribution in [-0.2, 0) is 9.84 Å². The molecular formula is C12H11NO4S. The maximum absolute atomic E-state index is 11.3. The molecule has 0 amide bonds. The van der Waals surface area contributed by atoms with Crippen molar-refractivity contribution in [2.24, 2.45) is 5.92 Å². The van der Waals surface area contributed by atoms with Gasteiger partial charge in [-0.15, -0.1) is 0 Å². The minimum absolute atomic E-state index is 0.0637. The molecule has 18 heavy (non-hydrogen) atoms. The van der Waals surface area contributed by atoms with Gasteiger partial charge < -0.3 is 0 Å². The van der Waals surface area contributed by atoms with Crippen molar-refractivity contribution < 1.29 is 13.3 Å². The van der Waals surface area contributed by atoms with Gasteiger partial charge in [-0.25, -0.2) is 8.42 Å². The van der Waals surface area contributed by atoms with Gasteiger partial charge in [0.2, 0.25) is 0 Å². The largest absolute Gasteiger partial charge is 0.286 e. The predicted molar refractivity (Wildman–Crippen MR) is 65.8 cm³/mol. The molecule has 0 spiro atoms. The second kappa shape index (κ2) is 4.42. The first-order valence-electron chi connectivity index (χ1n) is 5.38. The maximum Gasteiger partial charge on any atom is 0.286 e. The Morgan fingerprint density at radius 2 is 2.06 bits per heavy atom. The average molecular weight is 265 g/mol. The lowest BCUT2D eigenvalue weighted by molar-refractivity contribution is -0.385. The average Bonchev–Trinajstić information content (AvgIpc) is 3.08. The molecule has 1 aliphatic carbocycles. The normalized spacial score (nSPS) is 14.7. The van der Waals surface area contributed by atoms with Gasteiger partial charge >= 0.3 is 0 Å². The van der Waals surface area contributed by atoms with Gasteiger partial charge in [0.1, 0.15) is 5.56 Å². The number of hydrogen-bond donors (Lipinski definition) is 0. The van der Waals surface area contributed by atoms with Crippen LogP contribution in [0.3, 0.4) is 0 Å². The van der Waals surface area contributed by atoms with Gasteiger partial charge in [-0.05, 0) is 25.0 Å². The molecule has 5 nitrogen and oxygen atoms in total. The van der Waals surface area contributed by atoms with Crippen molar-refractivity contribution in [3.8, 4) is 11.8 Å². The second-order valence-electron chi connectivity index (χ2n) is 4.25. The van der Waals surface area contributed by atoms with E-state index in [1.165, 1.54) is 12.1 Å². The van der Waals surface area contributed by atoms with Crippen molar-refractivity contribution >= 4 is 15.5 Å². The van der Waals surface area contributed by atoms with Gasteiger partial charge in [0, 0.05) is 18.2 Å². The zero-order chi connectivity index (χ0) is 13.3. The van der Waals surface area contributed by atoms with Crippen LogP contribution in [0.5, 0.6) is 0 Å². The fraction of sp³-hybridized carbons (Fsp3) is 0.333. The van der Waals surface area contributed by atoms with Crippen LogP contribution in [0.2, 0.25) is 0 Å². The minimum Gasteiger partial charge on any atom is -0.258 e. The van der Waals surface area contributed by atoms with E-state index in [2.05, 4.69) is 11.8 Å². The first-order chi connectivity index (χ1) is 8.38. The molecule has 1 aromatic carbocycles. The number of rotatable bonds is 2. The van der Waals surface area contributed by atoms with Crippen LogP contribution in [0.15, 0.2) is 23.1 Å². The van der Waals surface area contributed by atoms with E-state index in [4.69, 9.17) is 0 Å². The monoisotopic (exact) mass is 265 g/mol. The summed E-state index contributed by atoms with van der Waals surface area (Å²) in [5, 5.41) is 10.9. The lowest BCUT2D eigenvalue weighted by Gasteiger charge is -2.00. The van der Waals surface area contributed by atoms with Crippen molar-refractivity contribution in [1.29, 1.82) is 0 Å². The molecule has 0 N–H and O–H groups in total. The molecule has 0 aromatic heterocycles. The first-order valence-corrected chi connectivity index (χ1v) is 7.27. The molecule has 0 radical (unpaired) electrons. The third-order valence-corrected chi connectivity index (χ3v) is 3.69. The van der Waals surface area contributed by atoms with Gasteiger partial charge in [-0.1, -0.05) is 11.8 Å². The Balaban J connectivity index is 2.48. The maximum atomic E-state index is 11.3. The van der Waals surface area contributed by atoms with Crippen LogP contribution in [0.1, 0.15) is 18.4 Å². The summed E-state index contributed by atoms with van der Waals surface area (Å²) in [7, 11) is -3.45. The topological polar surface area (TPSA) is 77.3 Å². The van der Waals surface area contributed by atoms with Crippen LogP contribution in [-0.4, -0.2) is 19.6 Å². The van der Waals surface area contributed by atoms with Gasteiger partial charge in [-0.2, -0.15) is 0 Å². The van der Waals surface area contributed by atoms with E-state index in [1.807, 2.05) is 0 Å². The lowest BCUT2D eigenvalue weighted by atomic mass is 10.2. The number of nitrogens with zero attached hydrogens (tertiary/aromatic N) is 1. The SMILES string of the molecule is CS(=O)(=O)c1ccc(C#CC2CC2)c([N+](=O)[O-])c1. The van der Waals surface area contributed by atoms with Gasteiger partial charge in [-0.3, -0.25) is 10.1 Å². The van der Waals surface area contributed by atoms with Crippen molar-refractivity contribution in [3.05, 3.63) is 33.9 Å². The molecule has 0 heterocycles. The molecule has 1 aliphatic rings. The summed E-state index contributed by atoms with van der Waals surface area (Å²) >= 11 is 0. The van der Waals surface area contributed by atoms with Crippen LogP contribution in [0.4, 0.5) is 5.69 Å². The standard InChI is InChI=1S/C12H11NO4S/c1-18(16,17)11-7-6-10(5-4-9-2-3-9)12(8-11)13(14)15/h6-9H,2-3H2,1H3. The molecule has 0 saturated heterocycles. The molecule has 1 aromatic rings. The summed E-state index contributed by atoms with van der Waals surface area (Å²) in [6.07, 6.45) is 3.08. The summed E-state index contributed by atoms with van der Waals surface area (Å²) in [4.78, 5) is 10.2. The molecule has 0 unspecified atom stereocenters. The molecule has 0 atom stereocenters. The number of nitro groups is 1. The third kappa shape index (κ3) is 2.87. The first kappa shape index (κ1) is 12.6. The fourth-order valence-electron chi connectivity index (χ4n) is 1.41. The molecule has 6 heteroatoms. The smallest absolute Gasteiger partial charge is 0.258 e. The Bertz CT molecular complexity index is 663. The van der Waals surface area contributed by atoms with Crippen molar-refractivity contribution in [2.45, 2.75) is 17.7 Å². The highest BCUT2D eigenvalue weighted by molar-refractivity contribution is 7.90. The van der Waals surface area contributed by atoms with Gasteiger partial charge in [0.05, 0.1) is 9.82 Å². The molecule has 1 fully saturated rings. The Kier molecular flexibility index (Phi) is 3.09. The van der Waals surface area contributed by atoms with E-state index in [1.54, 1.807) is 0 Å². The number of nitro benzene ring substituents is 1. The molecule has 1 saturated carbocycles. The van der Waals surface area contributed by atoms with E-state index >= 15 is 0 Å².